The second-order valence-electron chi connectivity index (χ2n) is 6.57. The summed E-state index contributed by atoms with van der Waals surface area (Å²) in [4.78, 5) is 12.2. The lowest BCUT2D eigenvalue weighted by molar-refractivity contribution is -0.120. The topological polar surface area (TPSA) is 41.5 Å². The van der Waals surface area contributed by atoms with E-state index in [2.05, 4.69) is 40.9 Å². The molecule has 23 heavy (non-hydrogen) atoms. The largest absolute Gasteiger partial charge is 0.273 e. The number of hydrazone groups is 1. The van der Waals surface area contributed by atoms with Crippen molar-refractivity contribution in [2.45, 2.75) is 19.3 Å². The van der Waals surface area contributed by atoms with E-state index in [4.69, 9.17) is 0 Å². The molecule has 0 heterocycles. The molecule has 2 aromatic carbocycles. The first-order valence-electron chi connectivity index (χ1n) is 8.26. The van der Waals surface area contributed by atoms with E-state index >= 15 is 0 Å². The Hall–Kier alpha value is -2.42. The third-order valence-corrected chi connectivity index (χ3v) is 5.02. The molecule has 2 aliphatic carbocycles. The molecule has 1 fully saturated rings. The molecule has 0 radical (unpaired) electrons. The molecule has 1 N–H and O–H groups in total. The average Bonchev–Trinajstić information content (AvgIpc) is 3.18. The Morgan fingerprint density at radius 2 is 2.00 bits per heavy atom. The van der Waals surface area contributed by atoms with Crippen LogP contribution in [-0.2, 0) is 11.2 Å². The van der Waals surface area contributed by atoms with E-state index in [0.717, 1.165) is 22.3 Å². The molecule has 3 atom stereocenters. The van der Waals surface area contributed by atoms with E-state index in [9.17, 15) is 4.79 Å². The van der Waals surface area contributed by atoms with E-state index in [0.29, 0.717) is 18.3 Å². The molecule has 0 aliphatic heterocycles. The van der Waals surface area contributed by atoms with Gasteiger partial charge in [0.25, 0.3) is 0 Å². The van der Waals surface area contributed by atoms with Crippen molar-refractivity contribution in [3.8, 4) is 0 Å². The second kappa shape index (κ2) is 5.99. The predicted molar refractivity (Wildman–Crippen MR) is 93.1 cm³/mol. The van der Waals surface area contributed by atoms with Crippen LogP contribution in [0.5, 0.6) is 0 Å². The van der Waals surface area contributed by atoms with Gasteiger partial charge in [-0.1, -0.05) is 54.6 Å². The van der Waals surface area contributed by atoms with Crippen molar-refractivity contribution in [1.82, 2.24) is 5.43 Å². The second-order valence-corrected chi connectivity index (χ2v) is 6.57. The lowest BCUT2D eigenvalue weighted by Gasteiger charge is -2.12. The van der Waals surface area contributed by atoms with Gasteiger partial charge in [-0.25, -0.2) is 5.43 Å². The first-order chi connectivity index (χ1) is 11.3. The van der Waals surface area contributed by atoms with Crippen LogP contribution in [0, 0.1) is 17.8 Å². The molecule has 3 heteroatoms. The lowest BCUT2D eigenvalue weighted by atomic mass is 9.95. The summed E-state index contributed by atoms with van der Waals surface area (Å²) in [6.45, 7) is 0. The number of nitrogens with zero attached hydrogens (tertiary/aromatic N) is 1. The highest BCUT2D eigenvalue weighted by Crippen LogP contribution is 2.42. The number of nitrogens with one attached hydrogen (secondary N) is 1. The maximum Gasteiger partial charge on any atom is 0.244 e. The summed E-state index contributed by atoms with van der Waals surface area (Å²) in [6, 6.07) is 14.2. The van der Waals surface area contributed by atoms with Gasteiger partial charge in [0.1, 0.15) is 0 Å². The fraction of sp³-hybridized carbons (Fsp3) is 0.300. The summed E-state index contributed by atoms with van der Waals surface area (Å²) in [7, 11) is 0. The Morgan fingerprint density at radius 3 is 2.83 bits per heavy atom. The van der Waals surface area contributed by atoms with Crippen LogP contribution in [0.1, 0.15) is 18.4 Å². The van der Waals surface area contributed by atoms with E-state index in [1.54, 1.807) is 0 Å². The minimum atomic E-state index is -0.0590. The maximum atomic E-state index is 12.2. The monoisotopic (exact) mass is 304 g/mol. The average molecular weight is 304 g/mol. The molecule has 3 nitrogen and oxygen atoms in total. The Labute approximate surface area is 136 Å². The predicted octanol–water partition coefficient (Wildman–Crippen LogP) is 3.70. The molecule has 3 unspecified atom stereocenters. The molecule has 0 saturated heterocycles. The minimum absolute atomic E-state index is 0.0590. The first-order valence-corrected chi connectivity index (χ1v) is 8.26. The van der Waals surface area contributed by atoms with Gasteiger partial charge in [-0.3, -0.25) is 4.79 Å². The van der Waals surface area contributed by atoms with Gasteiger partial charge in [-0.2, -0.15) is 5.10 Å². The van der Waals surface area contributed by atoms with Gasteiger partial charge in [-0.05, 0) is 41.0 Å². The maximum absolute atomic E-state index is 12.2. The molecule has 1 amide bonds. The Balaban J connectivity index is 1.39. The fourth-order valence-electron chi connectivity index (χ4n) is 3.86. The van der Waals surface area contributed by atoms with Crippen molar-refractivity contribution in [3.05, 3.63) is 60.2 Å². The number of benzene rings is 2. The van der Waals surface area contributed by atoms with Crippen LogP contribution in [0.2, 0.25) is 0 Å². The number of fused-ring (bicyclic) bond motifs is 3. The third-order valence-electron chi connectivity index (χ3n) is 5.02. The van der Waals surface area contributed by atoms with Crippen molar-refractivity contribution in [1.29, 1.82) is 0 Å². The number of amides is 1. The molecule has 2 aromatic rings. The molecule has 2 bridgehead atoms. The molecular weight excluding hydrogens is 284 g/mol. The van der Waals surface area contributed by atoms with Crippen molar-refractivity contribution in [3.63, 3.8) is 0 Å². The van der Waals surface area contributed by atoms with Crippen LogP contribution >= 0.6 is 0 Å². The highest BCUT2D eigenvalue weighted by Gasteiger charge is 2.34. The summed E-state index contributed by atoms with van der Waals surface area (Å²) in [5.41, 5.74) is 3.73. The van der Waals surface area contributed by atoms with Crippen LogP contribution in [0.4, 0.5) is 0 Å². The van der Waals surface area contributed by atoms with E-state index in [-0.39, 0.29) is 5.91 Å². The zero-order chi connectivity index (χ0) is 15.6. The molecule has 0 aromatic heterocycles. The number of carbonyl (C=O) groups is 1. The Bertz CT molecular complexity index is 788. The van der Waals surface area contributed by atoms with Crippen molar-refractivity contribution >= 4 is 22.9 Å². The molecular formula is C20H20N2O. The van der Waals surface area contributed by atoms with Crippen LogP contribution in [0.25, 0.3) is 10.8 Å². The third kappa shape index (κ3) is 2.91. The standard InChI is InChI=1S/C20H20N2O/c23-20(22-21-13-18-11-14-8-9-16(18)10-14)12-17-6-3-5-15-4-1-2-7-19(15)17/h1-9,13-14,16,18H,10-12H2,(H,22,23)/b21-13+. The summed E-state index contributed by atoms with van der Waals surface area (Å²) < 4.78 is 0. The number of carbonyl (C=O) groups excluding carboxylic acids is 1. The summed E-state index contributed by atoms with van der Waals surface area (Å²) in [5.74, 6) is 1.78. The van der Waals surface area contributed by atoms with Crippen LogP contribution in [0.3, 0.4) is 0 Å². The molecule has 0 spiro atoms. The lowest BCUT2D eigenvalue weighted by Crippen LogP contribution is -2.21. The smallest absolute Gasteiger partial charge is 0.244 e. The number of allylic oxidation sites excluding steroid dienone is 2. The Morgan fingerprint density at radius 1 is 1.13 bits per heavy atom. The van der Waals surface area contributed by atoms with E-state index < -0.39 is 0 Å². The number of hydrogen-bond donors (Lipinski definition) is 1. The quantitative estimate of drug-likeness (QED) is 0.522. The van der Waals surface area contributed by atoms with E-state index in [1.165, 1.54) is 12.8 Å². The zero-order valence-corrected chi connectivity index (χ0v) is 13.0. The molecule has 116 valence electrons. The van der Waals surface area contributed by atoms with Crippen LogP contribution < -0.4 is 5.43 Å². The van der Waals surface area contributed by atoms with Gasteiger partial charge in [0, 0.05) is 12.1 Å². The summed E-state index contributed by atoms with van der Waals surface area (Å²) >= 11 is 0. The van der Waals surface area contributed by atoms with Crippen molar-refractivity contribution in [2.75, 3.05) is 0 Å². The number of rotatable bonds is 4. The van der Waals surface area contributed by atoms with Gasteiger partial charge < -0.3 is 0 Å². The highest BCUT2D eigenvalue weighted by molar-refractivity contribution is 5.90. The van der Waals surface area contributed by atoms with Gasteiger partial charge in [0.05, 0.1) is 6.42 Å². The normalized spacial score (nSPS) is 25.5. The number of hydrogen-bond acceptors (Lipinski definition) is 2. The van der Waals surface area contributed by atoms with Gasteiger partial charge >= 0.3 is 0 Å². The SMILES string of the molecule is O=C(Cc1cccc2ccccc12)N/N=C/C1CC2C=CC1C2. The summed E-state index contributed by atoms with van der Waals surface area (Å²) in [6.07, 6.45) is 9.31. The molecule has 4 rings (SSSR count). The van der Waals surface area contributed by atoms with Gasteiger partial charge in [0.15, 0.2) is 0 Å². The first kappa shape index (κ1) is 14.2. The summed E-state index contributed by atoms with van der Waals surface area (Å²) in [5, 5.41) is 6.48. The molecule has 2 aliphatic rings. The fourth-order valence-corrected chi connectivity index (χ4v) is 3.86. The molecule has 1 saturated carbocycles. The van der Waals surface area contributed by atoms with Crippen molar-refractivity contribution in [2.24, 2.45) is 22.9 Å². The van der Waals surface area contributed by atoms with Gasteiger partial charge in [-0.15, -0.1) is 0 Å². The Kier molecular flexibility index (Phi) is 3.70. The van der Waals surface area contributed by atoms with Crippen molar-refractivity contribution < 1.29 is 4.79 Å². The zero-order valence-electron chi connectivity index (χ0n) is 13.0. The van der Waals surface area contributed by atoms with Gasteiger partial charge in [0.2, 0.25) is 5.91 Å². The highest BCUT2D eigenvalue weighted by atomic mass is 16.2. The van der Waals surface area contributed by atoms with Crippen LogP contribution in [-0.4, -0.2) is 12.1 Å². The minimum Gasteiger partial charge on any atom is -0.273 e. The van der Waals surface area contributed by atoms with E-state index in [1.807, 2.05) is 30.5 Å². The van der Waals surface area contributed by atoms with Crippen LogP contribution in [0.15, 0.2) is 59.7 Å².